The molecule has 1 aromatic heterocycles. The molecule has 1 aromatic carbocycles. The Balaban J connectivity index is 1.89. The number of ether oxygens (including phenoxy) is 1. The second kappa shape index (κ2) is 9.03. The van der Waals surface area contributed by atoms with Crippen LogP contribution >= 0.6 is 0 Å². The molecule has 1 heterocycles. The molecule has 7 heteroatoms. The zero-order chi connectivity index (χ0) is 19.0. The lowest BCUT2D eigenvalue weighted by molar-refractivity contribution is -0.153. The third kappa shape index (κ3) is 6.58. The molecule has 0 saturated heterocycles. The molecule has 2 N–H and O–H groups in total. The lowest BCUT2D eigenvalue weighted by Crippen LogP contribution is -2.41. The molecule has 0 bridgehead atoms. The van der Waals surface area contributed by atoms with Crippen molar-refractivity contribution in [3.63, 3.8) is 0 Å². The van der Waals surface area contributed by atoms with Gasteiger partial charge in [-0.05, 0) is 38.0 Å². The molecule has 0 aliphatic rings. The van der Waals surface area contributed by atoms with Gasteiger partial charge >= 0.3 is 5.97 Å². The van der Waals surface area contributed by atoms with E-state index in [1.807, 2.05) is 49.8 Å². The normalized spacial score (nSPS) is 11.9. The molecule has 0 radical (unpaired) electrons. The van der Waals surface area contributed by atoms with Crippen molar-refractivity contribution in [1.82, 2.24) is 20.4 Å². The maximum atomic E-state index is 11.8. The molecule has 0 fully saturated rings. The van der Waals surface area contributed by atoms with E-state index in [1.54, 1.807) is 13.2 Å². The summed E-state index contributed by atoms with van der Waals surface area (Å²) in [5, 5.41) is 10.5. The average molecular weight is 357 g/mol. The highest BCUT2D eigenvalue weighted by molar-refractivity contribution is 5.84. The van der Waals surface area contributed by atoms with Crippen molar-refractivity contribution < 1.29 is 9.53 Å². The quantitative estimate of drug-likeness (QED) is 0.469. The first kappa shape index (κ1) is 19.5. The zero-order valence-electron chi connectivity index (χ0n) is 15.8. The highest BCUT2D eigenvalue weighted by Crippen LogP contribution is 2.10. The van der Waals surface area contributed by atoms with Crippen LogP contribution in [0.4, 0.5) is 0 Å². The maximum absolute atomic E-state index is 11.8. The summed E-state index contributed by atoms with van der Waals surface area (Å²) in [6, 6.07) is 10.1. The Kier molecular flexibility index (Phi) is 6.77. The van der Waals surface area contributed by atoms with Gasteiger partial charge in [0.1, 0.15) is 12.1 Å². The number of hydrogen-bond donors (Lipinski definition) is 2. The number of carbonyl (C=O) groups is 1. The van der Waals surface area contributed by atoms with Gasteiger partial charge in [-0.2, -0.15) is 5.10 Å². The Hall–Kier alpha value is -2.83. The van der Waals surface area contributed by atoms with Crippen LogP contribution in [0.3, 0.4) is 0 Å². The average Bonchev–Trinajstić information content (AvgIpc) is 3.08. The Labute approximate surface area is 154 Å². The van der Waals surface area contributed by atoms with E-state index in [1.165, 1.54) is 5.56 Å². The van der Waals surface area contributed by atoms with E-state index >= 15 is 0 Å². The number of benzene rings is 1. The fourth-order valence-corrected chi connectivity index (χ4v) is 2.39. The third-order valence-corrected chi connectivity index (χ3v) is 3.50. The molecule has 0 spiro atoms. The van der Waals surface area contributed by atoms with E-state index in [4.69, 9.17) is 4.74 Å². The maximum Gasteiger partial charge on any atom is 0.325 e. The van der Waals surface area contributed by atoms with Crippen molar-refractivity contribution >= 4 is 11.9 Å². The molecule has 140 valence electrons. The first-order valence-electron chi connectivity index (χ1n) is 8.58. The summed E-state index contributed by atoms with van der Waals surface area (Å²) in [5.41, 5.74) is 1.82. The number of nitrogens with one attached hydrogen (secondary N) is 2. The topological polar surface area (TPSA) is 80.5 Å². The minimum Gasteiger partial charge on any atom is -0.459 e. The molecule has 26 heavy (non-hydrogen) atoms. The first-order valence-corrected chi connectivity index (χ1v) is 8.58. The number of hydrogen-bond acceptors (Lipinski definition) is 4. The number of esters is 1. The summed E-state index contributed by atoms with van der Waals surface area (Å²) in [6.07, 6.45) is 3.70. The van der Waals surface area contributed by atoms with Crippen molar-refractivity contribution in [2.24, 2.45) is 4.99 Å². The summed E-state index contributed by atoms with van der Waals surface area (Å²) in [5.74, 6) is 0.226. The molecule has 7 nitrogen and oxygen atoms in total. The van der Waals surface area contributed by atoms with Crippen LogP contribution in [0.25, 0.3) is 0 Å². The van der Waals surface area contributed by atoms with Gasteiger partial charge in [0.15, 0.2) is 5.96 Å². The summed E-state index contributed by atoms with van der Waals surface area (Å²) < 4.78 is 7.16. The zero-order valence-corrected chi connectivity index (χ0v) is 15.8. The smallest absolute Gasteiger partial charge is 0.325 e. The number of carbonyl (C=O) groups excluding carboxylic acids is 1. The lowest BCUT2D eigenvalue weighted by atomic mass is 10.1. The molecule has 0 atom stereocenters. The van der Waals surface area contributed by atoms with Crippen molar-refractivity contribution in [1.29, 1.82) is 0 Å². The Morgan fingerprint density at radius 2 is 1.92 bits per heavy atom. The standard InChI is InChI=1S/C19H27N5O2/c1-19(2,3)26-17(25)13-22-18(20-4)21-12-15-8-5-6-9-16(15)14-24-11-7-10-23-24/h5-11H,12-14H2,1-4H3,(H2,20,21,22). The molecule has 0 aliphatic heterocycles. The minimum atomic E-state index is -0.499. The van der Waals surface area contributed by atoms with Crippen LogP contribution in [0, 0.1) is 0 Å². The van der Waals surface area contributed by atoms with E-state index in [2.05, 4.69) is 32.9 Å². The SMILES string of the molecule is CN=C(NCC(=O)OC(C)(C)C)NCc1ccccc1Cn1cccn1. The lowest BCUT2D eigenvalue weighted by Gasteiger charge is -2.20. The van der Waals surface area contributed by atoms with Gasteiger partial charge in [-0.1, -0.05) is 24.3 Å². The largest absolute Gasteiger partial charge is 0.459 e. The van der Waals surface area contributed by atoms with Gasteiger partial charge in [-0.3, -0.25) is 14.5 Å². The van der Waals surface area contributed by atoms with E-state index in [9.17, 15) is 4.79 Å². The molecular weight excluding hydrogens is 330 g/mol. The molecule has 2 aromatic rings. The second-order valence-corrected chi connectivity index (χ2v) is 6.84. The summed E-state index contributed by atoms with van der Waals surface area (Å²) in [6.45, 7) is 6.88. The van der Waals surface area contributed by atoms with E-state index < -0.39 is 5.60 Å². The number of guanidine groups is 1. The number of nitrogens with zero attached hydrogens (tertiary/aromatic N) is 3. The van der Waals surface area contributed by atoms with Crippen LogP contribution in [-0.4, -0.2) is 40.9 Å². The summed E-state index contributed by atoms with van der Waals surface area (Å²) in [7, 11) is 1.67. The van der Waals surface area contributed by atoms with Gasteiger partial charge in [0.25, 0.3) is 0 Å². The van der Waals surface area contributed by atoms with Crippen LogP contribution in [0.1, 0.15) is 31.9 Å². The van der Waals surface area contributed by atoms with Crippen molar-refractivity contribution in [2.75, 3.05) is 13.6 Å². The third-order valence-electron chi connectivity index (χ3n) is 3.50. The van der Waals surface area contributed by atoms with Crippen molar-refractivity contribution in [2.45, 2.75) is 39.5 Å². The monoisotopic (exact) mass is 357 g/mol. The van der Waals surface area contributed by atoms with Gasteiger partial charge in [0, 0.05) is 26.0 Å². The van der Waals surface area contributed by atoms with E-state index in [0.29, 0.717) is 19.0 Å². The molecule has 0 saturated carbocycles. The molecule has 2 rings (SSSR count). The highest BCUT2D eigenvalue weighted by Gasteiger charge is 2.16. The summed E-state index contributed by atoms with van der Waals surface area (Å²) >= 11 is 0. The van der Waals surface area contributed by atoms with Gasteiger partial charge < -0.3 is 15.4 Å². The fourth-order valence-electron chi connectivity index (χ4n) is 2.39. The predicted octanol–water partition coefficient (Wildman–Crippen LogP) is 1.94. The Morgan fingerprint density at radius 1 is 1.19 bits per heavy atom. The molecule has 0 amide bonds. The Morgan fingerprint density at radius 3 is 2.54 bits per heavy atom. The van der Waals surface area contributed by atoms with Crippen LogP contribution < -0.4 is 10.6 Å². The van der Waals surface area contributed by atoms with Crippen LogP contribution in [0.5, 0.6) is 0 Å². The van der Waals surface area contributed by atoms with Gasteiger partial charge in [0.2, 0.25) is 0 Å². The first-order chi connectivity index (χ1) is 12.4. The predicted molar refractivity (Wildman–Crippen MR) is 102 cm³/mol. The number of aliphatic imine (C=N–C) groups is 1. The fraction of sp³-hybridized carbons (Fsp3) is 0.421. The Bertz CT molecular complexity index is 733. The molecular formula is C19H27N5O2. The van der Waals surface area contributed by atoms with Gasteiger partial charge in [-0.15, -0.1) is 0 Å². The molecule has 0 aliphatic carbocycles. The van der Waals surface area contributed by atoms with Gasteiger partial charge in [-0.25, -0.2) is 0 Å². The minimum absolute atomic E-state index is 0.0614. The summed E-state index contributed by atoms with van der Waals surface area (Å²) in [4.78, 5) is 16.0. The van der Waals surface area contributed by atoms with Crippen LogP contribution in [0.15, 0.2) is 47.7 Å². The van der Waals surface area contributed by atoms with Crippen LogP contribution in [0.2, 0.25) is 0 Å². The number of rotatable bonds is 6. The van der Waals surface area contributed by atoms with E-state index in [0.717, 1.165) is 5.56 Å². The highest BCUT2D eigenvalue weighted by atomic mass is 16.6. The second-order valence-electron chi connectivity index (χ2n) is 6.84. The molecule has 0 unspecified atom stereocenters. The van der Waals surface area contributed by atoms with E-state index in [-0.39, 0.29) is 12.5 Å². The number of aromatic nitrogens is 2. The van der Waals surface area contributed by atoms with Gasteiger partial charge in [0.05, 0.1) is 6.54 Å². The van der Waals surface area contributed by atoms with Crippen molar-refractivity contribution in [3.8, 4) is 0 Å². The van der Waals surface area contributed by atoms with Crippen LogP contribution in [-0.2, 0) is 22.6 Å². The van der Waals surface area contributed by atoms with Crippen molar-refractivity contribution in [3.05, 3.63) is 53.9 Å².